The molecule has 3 rings (SSSR count). The first-order valence-corrected chi connectivity index (χ1v) is 8.59. The molecule has 5 atom stereocenters. The molecule has 0 bridgehead atoms. The fourth-order valence-electron chi connectivity index (χ4n) is 3.35. The number of fused-ring (bicyclic) bond motifs is 1. The zero-order chi connectivity index (χ0) is 17.7. The lowest BCUT2D eigenvalue weighted by atomic mass is 10.1. The van der Waals surface area contributed by atoms with Crippen LogP contribution in [0.15, 0.2) is 0 Å². The van der Waals surface area contributed by atoms with E-state index in [1.165, 1.54) is 0 Å². The number of hydrogen-bond donors (Lipinski definition) is 0. The van der Waals surface area contributed by atoms with Crippen molar-refractivity contribution in [3.8, 4) is 0 Å². The highest BCUT2D eigenvalue weighted by Crippen LogP contribution is 2.42. The Morgan fingerprint density at radius 3 is 2.38 bits per heavy atom. The maximum absolute atomic E-state index is 12.2. The number of carbonyl (C=O) groups excluding carboxylic acids is 1. The fourth-order valence-corrected chi connectivity index (χ4v) is 3.35. The van der Waals surface area contributed by atoms with Gasteiger partial charge in [-0.3, -0.25) is 4.79 Å². The Balaban J connectivity index is 1.74. The molecule has 0 amide bonds. The van der Waals surface area contributed by atoms with E-state index < -0.39 is 36.2 Å². The molecule has 0 unspecified atom stereocenters. The highest BCUT2D eigenvalue weighted by Gasteiger charge is 2.59. The second-order valence-corrected chi connectivity index (χ2v) is 7.99. The number of carbonyl (C=O) groups is 1. The van der Waals surface area contributed by atoms with Gasteiger partial charge in [-0.25, -0.2) is 0 Å². The highest BCUT2D eigenvalue weighted by atomic mass is 16.8. The summed E-state index contributed by atoms with van der Waals surface area (Å²) in [6, 6.07) is 0. The molecule has 138 valence electrons. The number of ether oxygens (including phenoxy) is 6. The monoisotopic (exact) mass is 344 g/mol. The lowest BCUT2D eigenvalue weighted by molar-refractivity contribution is -0.235. The van der Waals surface area contributed by atoms with Crippen LogP contribution in [0.1, 0.15) is 48.0 Å². The smallest absolute Gasteiger partial charge is 0.306 e. The Hall–Kier alpha value is -0.730. The van der Waals surface area contributed by atoms with Crippen LogP contribution in [-0.4, -0.2) is 54.9 Å². The molecular weight excluding hydrogens is 316 g/mol. The second kappa shape index (κ2) is 6.21. The molecule has 0 N–H and O–H groups in total. The van der Waals surface area contributed by atoms with Crippen LogP contribution in [-0.2, 0) is 33.2 Å². The molecule has 0 aromatic rings. The molecule has 3 heterocycles. The van der Waals surface area contributed by atoms with Crippen molar-refractivity contribution in [1.82, 2.24) is 0 Å². The predicted octanol–water partition coefficient (Wildman–Crippen LogP) is 1.97. The third-order valence-electron chi connectivity index (χ3n) is 4.27. The summed E-state index contributed by atoms with van der Waals surface area (Å²) < 4.78 is 34.9. The van der Waals surface area contributed by atoms with Gasteiger partial charge in [-0.1, -0.05) is 13.8 Å². The first kappa shape index (κ1) is 18.1. The van der Waals surface area contributed by atoms with Crippen LogP contribution < -0.4 is 0 Å². The Morgan fingerprint density at radius 2 is 1.79 bits per heavy atom. The predicted molar refractivity (Wildman–Crippen MR) is 82.9 cm³/mol. The first-order chi connectivity index (χ1) is 11.1. The van der Waals surface area contributed by atoms with E-state index in [1.807, 2.05) is 41.5 Å². The fraction of sp³-hybridized carbons (Fsp3) is 0.941. The Labute approximate surface area is 142 Å². The zero-order valence-corrected chi connectivity index (χ0v) is 15.2. The summed E-state index contributed by atoms with van der Waals surface area (Å²) in [5.74, 6) is -1.50. The zero-order valence-electron chi connectivity index (χ0n) is 15.2. The minimum Gasteiger partial charge on any atom is -0.456 e. The van der Waals surface area contributed by atoms with Crippen LogP contribution in [0.4, 0.5) is 0 Å². The molecule has 0 aliphatic carbocycles. The number of rotatable bonds is 4. The van der Waals surface area contributed by atoms with Crippen molar-refractivity contribution < 1.29 is 33.2 Å². The molecule has 0 spiro atoms. The summed E-state index contributed by atoms with van der Waals surface area (Å²) in [6.45, 7) is 11.6. The van der Waals surface area contributed by atoms with Gasteiger partial charge in [-0.15, -0.1) is 0 Å². The average molecular weight is 344 g/mol. The maximum Gasteiger partial charge on any atom is 0.306 e. The van der Waals surface area contributed by atoms with Crippen molar-refractivity contribution in [2.75, 3.05) is 6.61 Å². The largest absolute Gasteiger partial charge is 0.456 e. The third kappa shape index (κ3) is 3.75. The van der Waals surface area contributed by atoms with E-state index in [4.69, 9.17) is 28.4 Å². The maximum atomic E-state index is 12.2. The SMILES string of the molecule is CC(C)CC(=O)O[C@@H]1[C@H]([C@H]2COC(C)(C)O2)O[C@@H]2OC(C)(C)O[C@@H]21. The van der Waals surface area contributed by atoms with Crippen LogP contribution >= 0.6 is 0 Å². The van der Waals surface area contributed by atoms with Gasteiger partial charge in [-0.05, 0) is 33.6 Å². The van der Waals surface area contributed by atoms with Gasteiger partial charge in [0.15, 0.2) is 30.1 Å². The summed E-state index contributed by atoms with van der Waals surface area (Å²) in [5.41, 5.74) is 0. The lowest BCUT2D eigenvalue weighted by Gasteiger charge is -2.29. The van der Waals surface area contributed by atoms with E-state index in [2.05, 4.69) is 0 Å². The van der Waals surface area contributed by atoms with Gasteiger partial charge in [0.25, 0.3) is 0 Å². The summed E-state index contributed by atoms with van der Waals surface area (Å²) in [4.78, 5) is 12.2. The lowest BCUT2D eigenvalue weighted by Crippen LogP contribution is -2.45. The van der Waals surface area contributed by atoms with E-state index in [0.29, 0.717) is 13.0 Å². The van der Waals surface area contributed by atoms with Crippen molar-refractivity contribution in [2.45, 2.75) is 90.2 Å². The Morgan fingerprint density at radius 1 is 1.08 bits per heavy atom. The molecule has 24 heavy (non-hydrogen) atoms. The first-order valence-electron chi connectivity index (χ1n) is 8.59. The van der Waals surface area contributed by atoms with Crippen LogP contribution in [0.25, 0.3) is 0 Å². The van der Waals surface area contributed by atoms with Crippen molar-refractivity contribution in [3.05, 3.63) is 0 Å². The quantitative estimate of drug-likeness (QED) is 0.722. The third-order valence-corrected chi connectivity index (χ3v) is 4.27. The van der Waals surface area contributed by atoms with Gasteiger partial charge in [-0.2, -0.15) is 0 Å². The van der Waals surface area contributed by atoms with Crippen molar-refractivity contribution in [3.63, 3.8) is 0 Å². The van der Waals surface area contributed by atoms with Crippen molar-refractivity contribution in [2.24, 2.45) is 5.92 Å². The molecule has 0 saturated carbocycles. The van der Waals surface area contributed by atoms with E-state index in [1.54, 1.807) is 0 Å². The number of hydrogen-bond acceptors (Lipinski definition) is 7. The van der Waals surface area contributed by atoms with Crippen LogP contribution in [0.5, 0.6) is 0 Å². The summed E-state index contributed by atoms with van der Waals surface area (Å²) >= 11 is 0. The minimum atomic E-state index is -0.769. The molecule has 3 aliphatic heterocycles. The second-order valence-electron chi connectivity index (χ2n) is 7.99. The van der Waals surface area contributed by atoms with Gasteiger partial charge in [0.1, 0.15) is 12.2 Å². The van der Waals surface area contributed by atoms with Crippen LogP contribution in [0.3, 0.4) is 0 Å². The highest BCUT2D eigenvalue weighted by molar-refractivity contribution is 5.70. The summed E-state index contributed by atoms with van der Waals surface area (Å²) in [5, 5.41) is 0. The summed E-state index contributed by atoms with van der Waals surface area (Å²) in [7, 11) is 0. The number of esters is 1. The van der Waals surface area contributed by atoms with Gasteiger partial charge in [0, 0.05) is 6.42 Å². The van der Waals surface area contributed by atoms with Crippen molar-refractivity contribution >= 4 is 5.97 Å². The molecule has 0 aromatic heterocycles. The molecule has 3 fully saturated rings. The molecule has 0 aromatic carbocycles. The minimum absolute atomic E-state index is 0.219. The van der Waals surface area contributed by atoms with E-state index in [9.17, 15) is 4.79 Å². The van der Waals surface area contributed by atoms with E-state index in [0.717, 1.165) is 0 Å². The molecular formula is C17H28O7. The molecule has 7 nitrogen and oxygen atoms in total. The van der Waals surface area contributed by atoms with E-state index >= 15 is 0 Å². The normalized spacial score (nSPS) is 40.0. The summed E-state index contributed by atoms with van der Waals surface area (Å²) in [6.07, 6.45) is -2.09. The van der Waals surface area contributed by atoms with Gasteiger partial charge in [0.05, 0.1) is 6.61 Å². The van der Waals surface area contributed by atoms with Gasteiger partial charge in [0.2, 0.25) is 0 Å². The molecule has 7 heteroatoms. The average Bonchev–Trinajstić information content (AvgIpc) is 3.00. The standard InChI is InChI=1S/C17H28O7/c1-9(2)7-11(18)20-13-12(10-8-19-16(3,4)22-10)21-15-14(13)23-17(5,6)24-15/h9-10,12-15H,7-8H2,1-6H3/t10-,12+,13-,14-,15-/m1/s1. The topological polar surface area (TPSA) is 72.5 Å². The Kier molecular flexibility index (Phi) is 4.68. The molecule has 3 aliphatic rings. The van der Waals surface area contributed by atoms with Crippen molar-refractivity contribution in [1.29, 1.82) is 0 Å². The van der Waals surface area contributed by atoms with Crippen LogP contribution in [0, 0.1) is 5.92 Å². The molecule has 3 saturated heterocycles. The van der Waals surface area contributed by atoms with Crippen LogP contribution in [0.2, 0.25) is 0 Å². The molecule has 0 radical (unpaired) electrons. The Bertz CT molecular complexity index is 487. The van der Waals surface area contributed by atoms with E-state index in [-0.39, 0.29) is 18.0 Å². The van der Waals surface area contributed by atoms with Gasteiger partial charge < -0.3 is 28.4 Å². The van der Waals surface area contributed by atoms with Gasteiger partial charge >= 0.3 is 5.97 Å².